The van der Waals surface area contributed by atoms with E-state index in [1.165, 1.54) is 123 Å². The first kappa shape index (κ1) is 26.3. The zero-order chi connectivity index (χ0) is 28.9. The van der Waals surface area contributed by atoms with E-state index < -0.39 is 0 Å². The van der Waals surface area contributed by atoms with Crippen LogP contribution in [0.1, 0.15) is 59.1 Å². The summed E-state index contributed by atoms with van der Waals surface area (Å²) < 4.78 is 0. The van der Waals surface area contributed by atoms with Gasteiger partial charge in [0.15, 0.2) is 0 Å². The van der Waals surface area contributed by atoms with Gasteiger partial charge in [0.05, 0.1) is 0 Å². The van der Waals surface area contributed by atoms with Crippen LogP contribution in [0.15, 0.2) is 103 Å². The minimum atomic E-state index is 1.19. The summed E-state index contributed by atoms with van der Waals surface area (Å²) >= 11 is 0. The minimum absolute atomic E-state index is 1.19. The molecule has 0 N–H and O–H groups in total. The molecule has 0 bridgehead atoms. The lowest BCUT2D eigenvalue weighted by Crippen LogP contribution is -2.16. The first-order valence-corrected chi connectivity index (χ1v) is 16.2. The third kappa shape index (κ3) is 4.63. The Balaban J connectivity index is 1.29. The van der Waals surface area contributed by atoms with Gasteiger partial charge in [-0.3, -0.25) is 0 Å². The number of anilines is 3. The molecule has 43 heavy (non-hydrogen) atoms. The molecule has 0 spiro atoms. The van der Waals surface area contributed by atoms with Crippen molar-refractivity contribution in [3.05, 3.63) is 137 Å². The van der Waals surface area contributed by atoms with Crippen molar-refractivity contribution in [1.29, 1.82) is 0 Å². The molecule has 0 heterocycles. The van der Waals surface area contributed by atoms with Crippen molar-refractivity contribution in [3.8, 4) is 11.1 Å². The molecule has 2 aliphatic carbocycles. The normalized spacial score (nSPS) is 14.5. The molecule has 0 unspecified atom stereocenters. The van der Waals surface area contributed by atoms with E-state index in [4.69, 9.17) is 0 Å². The Kier molecular flexibility index (Phi) is 6.56. The van der Waals surface area contributed by atoms with Gasteiger partial charge in [-0.15, -0.1) is 0 Å². The fourth-order valence-electron chi connectivity index (χ4n) is 7.76. The molecule has 0 aromatic heterocycles. The van der Waals surface area contributed by atoms with E-state index in [0.717, 1.165) is 0 Å². The van der Waals surface area contributed by atoms with Crippen molar-refractivity contribution in [3.63, 3.8) is 0 Å². The minimum Gasteiger partial charge on any atom is -0.310 e. The highest BCUT2D eigenvalue weighted by Gasteiger charge is 2.22. The van der Waals surface area contributed by atoms with Crippen molar-refractivity contribution < 1.29 is 0 Å². The number of benzene rings is 6. The van der Waals surface area contributed by atoms with Gasteiger partial charge in [0.1, 0.15) is 0 Å². The van der Waals surface area contributed by atoms with E-state index >= 15 is 0 Å². The Hall–Kier alpha value is -4.36. The predicted octanol–water partition coefficient (Wildman–Crippen LogP) is 11.5. The Bertz CT molecular complexity index is 1930. The second-order valence-electron chi connectivity index (χ2n) is 12.8. The molecule has 0 atom stereocenters. The molecular weight excluding hydrogens is 518 g/mol. The molecule has 1 heteroatoms. The highest BCUT2D eigenvalue weighted by Crippen LogP contribution is 2.43. The van der Waals surface area contributed by atoms with Crippen molar-refractivity contribution in [2.24, 2.45) is 0 Å². The number of fused-ring (bicyclic) bond motifs is 5. The average Bonchev–Trinajstić information content (AvgIpc) is 3.05. The van der Waals surface area contributed by atoms with Gasteiger partial charge in [-0.1, -0.05) is 72.8 Å². The third-order valence-corrected chi connectivity index (χ3v) is 10.0. The summed E-state index contributed by atoms with van der Waals surface area (Å²) in [6.07, 6.45) is 10.0. The summed E-state index contributed by atoms with van der Waals surface area (Å²) in [5.74, 6) is 0. The molecule has 0 saturated heterocycles. The highest BCUT2D eigenvalue weighted by atomic mass is 15.1. The van der Waals surface area contributed by atoms with E-state index in [9.17, 15) is 0 Å². The number of hydrogen-bond acceptors (Lipinski definition) is 1. The Labute approximate surface area is 255 Å². The maximum atomic E-state index is 2.55. The summed E-state index contributed by atoms with van der Waals surface area (Å²) in [5, 5.41) is 5.23. The average molecular weight is 558 g/mol. The summed E-state index contributed by atoms with van der Waals surface area (Å²) in [7, 11) is 0. The van der Waals surface area contributed by atoms with Crippen LogP contribution in [0.2, 0.25) is 0 Å². The molecule has 0 radical (unpaired) electrons. The van der Waals surface area contributed by atoms with Crippen molar-refractivity contribution in [2.45, 2.75) is 65.2 Å². The topological polar surface area (TPSA) is 3.24 Å². The monoisotopic (exact) mass is 557 g/mol. The largest absolute Gasteiger partial charge is 0.310 e. The molecule has 8 rings (SSSR count). The first-order chi connectivity index (χ1) is 21.1. The molecule has 0 saturated carbocycles. The van der Waals surface area contributed by atoms with Gasteiger partial charge < -0.3 is 4.90 Å². The molecule has 0 aliphatic heterocycles. The number of aryl methyl sites for hydroxylation is 6. The van der Waals surface area contributed by atoms with E-state index in [0.29, 0.717) is 0 Å². The Morgan fingerprint density at radius 1 is 0.465 bits per heavy atom. The molecule has 0 amide bonds. The predicted molar refractivity (Wildman–Crippen MR) is 184 cm³/mol. The van der Waals surface area contributed by atoms with Crippen LogP contribution in [0, 0.1) is 13.8 Å². The fraction of sp³-hybridized carbons (Fsp3) is 0.238. The van der Waals surface area contributed by atoms with E-state index in [2.05, 4.69) is 122 Å². The number of hydrogen-bond donors (Lipinski definition) is 0. The van der Waals surface area contributed by atoms with Crippen LogP contribution < -0.4 is 4.90 Å². The van der Waals surface area contributed by atoms with E-state index in [1.54, 1.807) is 11.1 Å². The van der Waals surface area contributed by atoms with Gasteiger partial charge in [-0.05, 0) is 162 Å². The van der Waals surface area contributed by atoms with Gasteiger partial charge in [0, 0.05) is 17.1 Å². The van der Waals surface area contributed by atoms with Crippen LogP contribution in [0.4, 0.5) is 17.1 Å². The second kappa shape index (κ2) is 10.7. The summed E-state index contributed by atoms with van der Waals surface area (Å²) in [6, 6.07) is 39.3. The highest BCUT2D eigenvalue weighted by molar-refractivity contribution is 6.13. The van der Waals surface area contributed by atoms with Crippen molar-refractivity contribution in [1.82, 2.24) is 0 Å². The molecule has 6 aromatic carbocycles. The van der Waals surface area contributed by atoms with Crippen LogP contribution in [-0.2, 0) is 25.7 Å². The van der Waals surface area contributed by atoms with Gasteiger partial charge in [0.25, 0.3) is 0 Å². The molecule has 2 aliphatic rings. The number of rotatable bonds is 4. The Morgan fingerprint density at radius 2 is 0.953 bits per heavy atom. The van der Waals surface area contributed by atoms with E-state index in [-0.39, 0.29) is 0 Å². The number of nitrogens with zero attached hydrogens (tertiary/aromatic N) is 1. The quantitative estimate of drug-likeness (QED) is 0.195. The van der Waals surface area contributed by atoms with Gasteiger partial charge >= 0.3 is 0 Å². The third-order valence-electron chi connectivity index (χ3n) is 10.0. The SMILES string of the molecule is Cc1cc2c(cc1N(c1ccc(-c3cc4ccccc4c4ccccc34)cc1)c1cc3c(cc1C)CCCC3)CCCC2. The first-order valence-electron chi connectivity index (χ1n) is 16.2. The lowest BCUT2D eigenvalue weighted by atomic mass is 9.88. The maximum Gasteiger partial charge on any atom is 0.0493 e. The van der Waals surface area contributed by atoms with Crippen molar-refractivity contribution in [2.75, 3.05) is 4.90 Å². The molecule has 1 nitrogen and oxygen atoms in total. The van der Waals surface area contributed by atoms with Gasteiger partial charge in [0.2, 0.25) is 0 Å². The lowest BCUT2D eigenvalue weighted by Gasteiger charge is -2.32. The Morgan fingerprint density at radius 3 is 1.53 bits per heavy atom. The molecule has 212 valence electrons. The lowest BCUT2D eigenvalue weighted by molar-refractivity contribution is 0.684. The van der Waals surface area contributed by atoms with Crippen LogP contribution in [0.5, 0.6) is 0 Å². The second-order valence-corrected chi connectivity index (χ2v) is 12.8. The summed E-state index contributed by atoms with van der Waals surface area (Å²) in [6.45, 7) is 4.61. The standard InChI is InChI=1S/C42H39N/c1-28-23-31-11-3-5-13-33(31)26-41(28)43(42-27-34-14-6-4-12-32(34)24-29(42)2)36-21-19-30(20-22-36)40-25-35-15-7-8-16-37(35)38-17-9-10-18-39(38)40/h7-10,15-27H,3-6,11-14H2,1-2H3. The van der Waals surface area contributed by atoms with Gasteiger partial charge in [-0.2, -0.15) is 0 Å². The van der Waals surface area contributed by atoms with Crippen LogP contribution in [-0.4, -0.2) is 0 Å². The van der Waals surface area contributed by atoms with Crippen LogP contribution in [0.3, 0.4) is 0 Å². The summed E-state index contributed by atoms with van der Waals surface area (Å²) in [5.41, 5.74) is 15.3. The van der Waals surface area contributed by atoms with Crippen molar-refractivity contribution >= 4 is 38.6 Å². The molecule has 0 fully saturated rings. The fourth-order valence-corrected chi connectivity index (χ4v) is 7.76. The van der Waals surface area contributed by atoms with E-state index in [1.807, 2.05) is 0 Å². The molecule has 6 aromatic rings. The van der Waals surface area contributed by atoms with Crippen LogP contribution >= 0.6 is 0 Å². The summed E-state index contributed by atoms with van der Waals surface area (Å²) in [4.78, 5) is 2.55. The maximum absolute atomic E-state index is 2.55. The van der Waals surface area contributed by atoms with Crippen LogP contribution in [0.25, 0.3) is 32.7 Å². The molecular formula is C42H39N. The van der Waals surface area contributed by atoms with Gasteiger partial charge in [-0.25, -0.2) is 0 Å². The zero-order valence-electron chi connectivity index (χ0n) is 25.4. The smallest absolute Gasteiger partial charge is 0.0493 e. The zero-order valence-corrected chi connectivity index (χ0v) is 25.4.